The zero-order valence-electron chi connectivity index (χ0n) is 8.24. The Morgan fingerprint density at radius 2 is 2.14 bits per heavy atom. The van der Waals surface area contributed by atoms with Crippen molar-refractivity contribution >= 4 is 21.4 Å². The molecular formula is C8H12ClNO3S. The molecule has 0 fully saturated rings. The van der Waals surface area contributed by atoms with Crippen LogP contribution < -0.4 is 0 Å². The van der Waals surface area contributed by atoms with Crippen LogP contribution in [0.1, 0.15) is 29.5 Å². The van der Waals surface area contributed by atoms with E-state index in [-0.39, 0.29) is 11.8 Å². The molecule has 0 radical (unpaired) electrons. The minimum absolute atomic E-state index is 0.204. The van der Waals surface area contributed by atoms with Crippen molar-refractivity contribution in [2.75, 3.05) is 6.26 Å². The molecule has 1 unspecified atom stereocenters. The maximum absolute atomic E-state index is 11.2. The monoisotopic (exact) mass is 237 g/mol. The Morgan fingerprint density at radius 3 is 2.50 bits per heavy atom. The molecule has 4 nitrogen and oxygen atoms in total. The van der Waals surface area contributed by atoms with E-state index in [1.54, 1.807) is 13.8 Å². The van der Waals surface area contributed by atoms with Crippen LogP contribution >= 0.6 is 11.6 Å². The van der Waals surface area contributed by atoms with Crippen LogP contribution in [0, 0.1) is 6.92 Å². The Kier molecular flexibility index (Phi) is 3.21. The van der Waals surface area contributed by atoms with E-state index in [0.717, 1.165) is 6.26 Å². The van der Waals surface area contributed by atoms with Crippen LogP contribution in [0.25, 0.3) is 0 Å². The van der Waals surface area contributed by atoms with E-state index in [1.165, 1.54) is 0 Å². The maximum atomic E-state index is 11.2. The van der Waals surface area contributed by atoms with Gasteiger partial charge < -0.3 is 4.42 Å². The predicted octanol–water partition coefficient (Wildman–Crippen LogP) is 1.83. The van der Waals surface area contributed by atoms with E-state index in [2.05, 4.69) is 4.98 Å². The minimum atomic E-state index is -3.17. The Bertz CT molecular complexity index is 424. The van der Waals surface area contributed by atoms with Gasteiger partial charge in [-0.05, 0) is 13.8 Å². The second kappa shape index (κ2) is 3.90. The largest absolute Gasteiger partial charge is 0.443 e. The fourth-order valence-electron chi connectivity index (χ4n) is 0.932. The molecule has 6 heteroatoms. The third kappa shape index (κ3) is 2.27. The third-order valence-electron chi connectivity index (χ3n) is 2.02. The van der Waals surface area contributed by atoms with Gasteiger partial charge in [-0.25, -0.2) is 13.4 Å². The number of halogens is 1. The van der Waals surface area contributed by atoms with Gasteiger partial charge in [-0.1, -0.05) is 0 Å². The summed E-state index contributed by atoms with van der Waals surface area (Å²) in [6, 6.07) is 0. The third-order valence-corrected chi connectivity index (χ3v) is 3.75. The molecule has 1 heterocycles. The van der Waals surface area contributed by atoms with Gasteiger partial charge in [-0.15, -0.1) is 11.6 Å². The van der Waals surface area contributed by atoms with Gasteiger partial charge in [0.25, 0.3) is 0 Å². The summed E-state index contributed by atoms with van der Waals surface area (Å²) in [7, 11) is -3.17. The first-order valence-electron chi connectivity index (χ1n) is 4.07. The van der Waals surface area contributed by atoms with E-state index in [4.69, 9.17) is 16.0 Å². The second-order valence-electron chi connectivity index (χ2n) is 3.17. The lowest BCUT2D eigenvalue weighted by molar-refractivity contribution is 0.461. The van der Waals surface area contributed by atoms with Crippen molar-refractivity contribution < 1.29 is 12.8 Å². The Balaban J connectivity index is 3.09. The summed E-state index contributed by atoms with van der Waals surface area (Å²) in [6.45, 7) is 3.28. The van der Waals surface area contributed by atoms with Crippen molar-refractivity contribution in [3.63, 3.8) is 0 Å². The molecule has 0 spiro atoms. The first kappa shape index (κ1) is 11.5. The van der Waals surface area contributed by atoms with Gasteiger partial charge in [0.1, 0.15) is 11.0 Å². The highest BCUT2D eigenvalue weighted by Crippen LogP contribution is 2.23. The number of sulfone groups is 1. The van der Waals surface area contributed by atoms with Crippen molar-refractivity contribution in [2.24, 2.45) is 0 Å². The number of rotatable bonds is 3. The molecule has 1 rings (SSSR count). The van der Waals surface area contributed by atoms with Gasteiger partial charge in [0.2, 0.25) is 5.89 Å². The first-order valence-corrected chi connectivity index (χ1v) is 6.56. The molecule has 0 N–H and O–H groups in total. The Morgan fingerprint density at radius 1 is 1.57 bits per heavy atom. The molecule has 0 aliphatic heterocycles. The Hall–Kier alpha value is -0.550. The number of aryl methyl sites for hydroxylation is 1. The van der Waals surface area contributed by atoms with Crippen molar-refractivity contribution in [1.82, 2.24) is 4.98 Å². The molecule has 0 aliphatic carbocycles. The topological polar surface area (TPSA) is 60.2 Å². The summed E-state index contributed by atoms with van der Waals surface area (Å²) in [5.41, 5.74) is 0.644. The molecule has 0 bridgehead atoms. The van der Waals surface area contributed by atoms with E-state index in [0.29, 0.717) is 11.5 Å². The number of hydrogen-bond donors (Lipinski definition) is 0. The SMILES string of the molecule is Cc1nc(C(C)S(C)(=O)=O)oc1CCl. The molecule has 0 amide bonds. The van der Waals surface area contributed by atoms with Crippen molar-refractivity contribution in [2.45, 2.75) is 25.0 Å². The highest BCUT2D eigenvalue weighted by atomic mass is 35.5. The number of oxazole rings is 1. The quantitative estimate of drug-likeness (QED) is 0.753. The molecule has 0 saturated carbocycles. The lowest BCUT2D eigenvalue weighted by Gasteiger charge is -2.02. The molecule has 0 saturated heterocycles. The van der Waals surface area contributed by atoms with Crippen LogP contribution in [0.5, 0.6) is 0 Å². The maximum Gasteiger partial charge on any atom is 0.212 e. The number of alkyl halides is 1. The summed E-state index contributed by atoms with van der Waals surface area (Å²) in [6.07, 6.45) is 1.15. The van der Waals surface area contributed by atoms with E-state index < -0.39 is 15.1 Å². The molecule has 1 aromatic rings. The normalized spacial score (nSPS) is 14.3. The van der Waals surface area contributed by atoms with Crippen LogP contribution in [0.2, 0.25) is 0 Å². The van der Waals surface area contributed by atoms with Crippen LogP contribution in [0.15, 0.2) is 4.42 Å². The summed E-state index contributed by atoms with van der Waals surface area (Å²) in [5, 5.41) is -0.724. The fourth-order valence-corrected chi connectivity index (χ4v) is 1.65. The average Bonchev–Trinajstić information content (AvgIpc) is 2.43. The van der Waals surface area contributed by atoms with Gasteiger partial charge in [-0.3, -0.25) is 0 Å². The molecule has 1 atom stereocenters. The van der Waals surface area contributed by atoms with E-state index in [1.807, 2.05) is 0 Å². The minimum Gasteiger partial charge on any atom is -0.443 e. The van der Waals surface area contributed by atoms with Gasteiger partial charge in [0, 0.05) is 6.26 Å². The van der Waals surface area contributed by atoms with Crippen molar-refractivity contribution in [3.05, 3.63) is 17.3 Å². The molecule has 0 aromatic carbocycles. The van der Waals surface area contributed by atoms with Crippen molar-refractivity contribution in [3.8, 4) is 0 Å². The summed E-state index contributed by atoms with van der Waals surface area (Å²) < 4.78 is 27.6. The zero-order chi connectivity index (χ0) is 10.9. The van der Waals surface area contributed by atoms with Gasteiger partial charge in [0.05, 0.1) is 11.6 Å². The molecule has 80 valence electrons. The smallest absolute Gasteiger partial charge is 0.212 e. The number of aromatic nitrogens is 1. The first-order chi connectivity index (χ1) is 6.36. The van der Waals surface area contributed by atoms with Crippen LogP contribution in [0.3, 0.4) is 0 Å². The van der Waals surface area contributed by atoms with Gasteiger partial charge >= 0.3 is 0 Å². The van der Waals surface area contributed by atoms with E-state index in [9.17, 15) is 8.42 Å². The summed E-state index contributed by atoms with van der Waals surface area (Å²) in [5.74, 6) is 0.938. The molecule has 1 aromatic heterocycles. The summed E-state index contributed by atoms with van der Waals surface area (Å²) >= 11 is 5.58. The van der Waals surface area contributed by atoms with Gasteiger partial charge in [-0.2, -0.15) is 0 Å². The standard InChI is InChI=1S/C8H12ClNO3S/c1-5-7(4-9)13-8(10-5)6(2)14(3,11)12/h6H,4H2,1-3H3. The van der Waals surface area contributed by atoms with E-state index >= 15 is 0 Å². The lowest BCUT2D eigenvalue weighted by atomic mass is 10.4. The molecular weight excluding hydrogens is 226 g/mol. The second-order valence-corrected chi connectivity index (χ2v) is 5.80. The number of nitrogens with zero attached hydrogens (tertiary/aromatic N) is 1. The van der Waals surface area contributed by atoms with Crippen LogP contribution in [-0.4, -0.2) is 19.7 Å². The number of hydrogen-bond acceptors (Lipinski definition) is 4. The fraction of sp³-hybridized carbons (Fsp3) is 0.625. The highest BCUT2D eigenvalue weighted by Gasteiger charge is 2.23. The van der Waals surface area contributed by atoms with Crippen LogP contribution in [-0.2, 0) is 15.7 Å². The predicted molar refractivity (Wildman–Crippen MR) is 54.1 cm³/mol. The van der Waals surface area contributed by atoms with Crippen LogP contribution in [0.4, 0.5) is 0 Å². The molecule has 0 aliphatic rings. The summed E-state index contributed by atoms with van der Waals surface area (Å²) in [4.78, 5) is 4.02. The lowest BCUT2D eigenvalue weighted by Crippen LogP contribution is -2.07. The van der Waals surface area contributed by atoms with Gasteiger partial charge in [0.15, 0.2) is 9.84 Å². The van der Waals surface area contributed by atoms with Crippen molar-refractivity contribution in [1.29, 1.82) is 0 Å². The average molecular weight is 238 g/mol. The highest BCUT2D eigenvalue weighted by molar-refractivity contribution is 7.90. The molecule has 14 heavy (non-hydrogen) atoms. The Labute approximate surface area is 88.2 Å². The zero-order valence-corrected chi connectivity index (χ0v) is 9.82.